The molecule has 1 aromatic carbocycles. The largest absolute Gasteiger partial charge is 0.300 e. The van der Waals surface area contributed by atoms with Crippen LogP contribution in [0.25, 0.3) is 5.69 Å². The van der Waals surface area contributed by atoms with Gasteiger partial charge in [-0.05, 0) is 35.4 Å². The number of aryl methyl sites for hydroxylation is 1. The molecule has 3 aromatic rings. The number of rotatable bonds is 8. The second-order valence-corrected chi connectivity index (χ2v) is 7.70. The highest BCUT2D eigenvalue weighted by molar-refractivity contribution is 8.00. The zero-order valence-corrected chi connectivity index (χ0v) is 16.1. The first-order valence-corrected chi connectivity index (χ1v) is 10.0. The average Bonchev–Trinajstić information content (AvgIpc) is 3.30. The van der Waals surface area contributed by atoms with Crippen LogP contribution in [-0.2, 0) is 11.2 Å². The Balaban J connectivity index is 1.69. The molecular weight excluding hydrogens is 370 g/mol. The van der Waals surface area contributed by atoms with Gasteiger partial charge in [0.05, 0.1) is 10.9 Å². The lowest BCUT2D eigenvalue weighted by Gasteiger charge is -2.12. The van der Waals surface area contributed by atoms with Gasteiger partial charge in [0.15, 0.2) is 0 Å². The molecule has 1 atom stereocenters. The van der Waals surface area contributed by atoms with Crippen LogP contribution in [0.3, 0.4) is 0 Å². The molecule has 0 saturated heterocycles. The Labute approximate surface area is 159 Å². The van der Waals surface area contributed by atoms with Crippen LogP contribution in [0.15, 0.2) is 35.5 Å². The number of tetrazole rings is 1. The fraction of sp³-hybridized carbons (Fsp3) is 0.375. The van der Waals surface area contributed by atoms with E-state index in [1.54, 1.807) is 4.68 Å². The average molecular weight is 390 g/mol. The number of aromatic nitrogens is 6. The molecule has 0 aliphatic carbocycles. The highest BCUT2D eigenvalue weighted by Gasteiger charge is 2.23. The van der Waals surface area contributed by atoms with Crippen molar-refractivity contribution < 1.29 is 4.79 Å². The second-order valence-electron chi connectivity index (χ2n) is 5.46. The van der Waals surface area contributed by atoms with Crippen LogP contribution in [-0.4, -0.2) is 41.6 Å². The van der Waals surface area contributed by atoms with Gasteiger partial charge in [-0.3, -0.25) is 10.1 Å². The third-order valence-electron chi connectivity index (χ3n) is 3.51. The molecule has 0 aliphatic heterocycles. The summed E-state index contributed by atoms with van der Waals surface area (Å²) in [5.41, 5.74) is 0.851. The fourth-order valence-corrected chi connectivity index (χ4v) is 3.99. The van der Waals surface area contributed by atoms with Crippen molar-refractivity contribution in [1.82, 2.24) is 30.4 Å². The number of carbonyl (C=O) groups excluding carboxylic acids is 1. The maximum absolute atomic E-state index is 12.6. The predicted octanol–water partition coefficient (Wildman–Crippen LogP) is 2.98. The fourth-order valence-electron chi connectivity index (χ4n) is 2.24. The molecule has 1 N–H and O–H groups in total. The lowest BCUT2D eigenvalue weighted by atomic mass is 10.3. The molecular formula is C16H19N7OS2. The van der Waals surface area contributed by atoms with E-state index in [0.717, 1.165) is 23.5 Å². The molecule has 2 aromatic heterocycles. The first-order chi connectivity index (χ1) is 12.7. The molecule has 0 unspecified atom stereocenters. The molecule has 10 heteroatoms. The SMILES string of the molecule is CCCc1nnc(NC(=O)[C@@H](CC)Sc2nnnn2-c2ccccc2)s1. The van der Waals surface area contributed by atoms with E-state index >= 15 is 0 Å². The van der Waals surface area contributed by atoms with Crippen LogP contribution in [0.4, 0.5) is 5.13 Å². The van der Waals surface area contributed by atoms with Crippen LogP contribution < -0.4 is 5.32 Å². The Kier molecular flexibility index (Phi) is 6.29. The van der Waals surface area contributed by atoms with Crippen LogP contribution in [0.1, 0.15) is 31.7 Å². The van der Waals surface area contributed by atoms with Crippen molar-refractivity contribution in [3.8, 4) is 5.69 Å². The van der Waals surface area contributed by atoms with Gasteiger partial charge < -0.3 is 0 Å². The van der Waals surface area contributed by atoms with Gasteiger partial charge in [0, 0.05) is 6.42 Å². The van der Waals surface area contributed by atoms with E-state index < -0.39 is 0 Å². The van der Waals surface area contributed by atoms with Gasteiger partial charge in [0.1, 0.15) is 5.01 Å². The molecule has 2 heterocycles. The summed E-state index contributed by atoms with van der Waals surface area (Å²) in [7, 11) is 0. The number of carbonyl (C=O) groups is 1. The summed E-state index contributed by atoms with van der Waals surface area (Å²) >= 11 is 2.75. The Morgan fingerprint density at radius 2 is 2.04 bits per heavy atom. The third-order valence-corrected chi connectivity index (χ3v) is 5.71. The summed E-state index contributed by atoms with van der Waals surface area (Å²) in [6.45, 7) is 4.04. The number of benzene rings is 1. The number of nitrogens with one attached hydrogen (secondary N) is 1. The van der Waals surface area contributed by atoms with E-state index in [1.807, 2.05) is 37.3 Å². The zero-order valence-electron chi connectivity index (χ0n) is 14.5. The number of hydrogen-bond acceptors (Lipinski definition) is 8. The molecule has 0 aliphatic rings. The monoisotopic (exact) mass is 389 g/mol. The number of anilines is 1. The summed E-state index contributed by atoms with van der Waals surface area (Å²) in [6.07, 6.45) is 2.50. The molecule has 0 radical (unpaired) electrons. The summed E-state index contributed by atoms with van der Waals surface area (Å²) in [5.74, 6) is -0.126. The van der Waals surface area contributed by atoms with Gasteiger partial charge in [-0.15, -0.1) is 15.3 Å². The Bertz CT molecular complexity index is 849. The summed E-state index contributed by atoms with van der Waals surface area (Å²) in [5, 5.41) is 24.5. The quantitative estimate of drug-likeness (QED) is 0.591. The van der Waals surface area contributed by atoms with E-state index in [1.165, 1.54) is 23.1 Å². The first kappa shape index (κ1) is 18.5. The number of amides is 1. The summed E-state index contributed by atoms with van der Waals surface area (Å²) in [6, 6.07) is 9.59. The molecule has 0 fully saturated rings. The first-order valence-electron chi connectivity index (χ1n) is 8.35. The van der Waals surface area contributed by atoms with Crippen molar-refractivity contribution >= 4 is 34.1 Å². The van der Waals surface area contributed by atoms with Gasteiger partial charge in [-0.1, -0.05) is 55.1 Å². The second kappa shape index (κ2) is 8.86. The topological polar surface area (TPSA) is 98.5 Å². The van der Waals surface area contributed by atoms with Crippen molar-refractivity contribution in [2.24, 2.45) is 0 Å². The molecule has 0 spiro atoms. The van der Waals surface area contributed by atoms with E-state index in [-0.39, 0.29) is 11.2 Å². The normalized spacial score (nSPS) is 12.1. The lowest BCUT2D eigenvalue weighted by Crippen LogP contribution is -2.25. The maximum Gasteiger partial charge on any atom is 0.239 e. The van der Waals surface area contributed by atoms with Gasteiger partial charge in [0.25, 0.3) is 0 Å². The highest BCUT2D eigenvalue weighted by Crippen LogP contribution is 2.26. The number of hydrogen-bond donors (Lipinski definition) is 1. The molecule has 136 valence electrons. The van der Waals surface area contributed by atoms with Gasteiger partial charge in [0.2, 0.25) is 16.2 Å². The van der Waals surface area contributed by atoms with Gasteiger partial charge >= 0.3 is 0 Å². The minimum atomic E-state index is -0.331. The van der Waals surface area contributed by atoms with Crippen molar-refractivity contribution in [2.75, 3.05) is 5.32 Å². The zero-order chi connectivity index (χ0) is 18.4. The van der Waals surface area contributed by atoms with Gasteiger partial charge in [-0.25, -0.2) is 0 Å². The Hall–Kier alpha value is -2.33. The molecule has 0 saturated carbocycles. The smallest absolute Gasteiger partial charge is 0.239 e. The third kappa shape index (κ3) is 4.44. The molecule has 1 amide bonds. The number of thioether (sulfide) groups is 1. The van der Waals surface area contributed by atoms with Crippen molar-refractivity contribution in [2.45, 2.75) is 43.5 Å². The van der Waals surface area contributed by atoms with Crippen LogP contribution in [0.5, 0.6) is 0 Å². The van der Waals surface area contributed by atoms with E-state index in [4.69, 9.17) is 0 Å². The minimum absolute atomic E-state index is 0.126. The van der Waals surface area contributed by atoms with Crippen LogP contribution in [0, 0.1) is 0 Å². The maximum atomic E-state index is 12.6. The van der Waals surface area contributed by atoms with E-state index in [0.29, 0.717) is 16.7 Å². The molecule has 26 heavy (non-hydrogen) atoms. The molecule has 8 nitrogen and oxygen atoms in total. The van der Waals surface area contributed by atoms with E-state index in [2.05, 4.69) is 38.0 Å². The Morgan fingerprint density at radius 3 is 2.77 bits per heavy atom. The predicted molar refractivity (Wildman–Crippen MR) is 102 cm³/mol. The van der Waals surface area contributed by atoms with Crippen LogP contribution in [0.2, 0.25) is 0 Å². The van der Waals surface area contributed by atoms with Crippen molar-refractivity contribution in [3.05, 3.63) is 35.3 Å². The number of para-hydroxylation sites is 1. The van der Waals surface area contributed by atoms with Crippen molar-refractivity contribution in [3.63, 3.8) is 0 Å². The summed E-state index contributed by atoms with van der Waals surface area (Å²) < 4.78 is 1.63. The summed E-state index contributed by atoms with van der Waals surface area (Å²) in [4.78, 5) is 12.6. The standard InChI is InChI=1S/C16H19N7OS2/c1-3-8-13-18-19-15(26-13)17-14(24)12(4-2)25-16-20-21-22-23(16)11-9-6-5-7-10-11/h5-7,9-10,12H,3-4,8H2,1-2H3,(H,17,19,24)/t12-/m1/s1. The Morgan fingerprint density at radius 1 is 1.23 bits per heavy atom. The molecule has 0 bridgehead atoms. The highest BCUT2D eigenvalue weighted by atomic mass is 32.2. The van der Waals surface area contributed by atoms with Crippen LogP contribution >= 0.6 is 23.1 Å². The van der Waals surface area contributed by atoms with E-state index in [9.17, 15) is 4.79 Å². The minimum Gasteiger partial charge on any atom is -0.300 e. The van der Waals surface area contributed by atoms with Gasteiger partial charge in [-0.2, -0.15) is 4.68 Å². The lowest BCUT2D eigenvalue weighted by molar-refractivity contribution is -0.115. The number of nitrogens with zero attached hydrogens (tertiary/aromatic N) is 6. The van der Waals surface area contributed by atoms with Crippen molar-refractivity contribution in [1.29, 1.82) is 0 Å². The molecule has 3 rings (SSSR count).